The fourth-order valence-corrected chi connectivity index (χ4v) is 0.789. The van der Waals surface area contributed by atoms with Crippen LogP contribution in [0.2, 0.25) is 0 Å². The Kier molecular flexibility index (Phi) is 5.56. The van der Waals surface area contributed by atoms with Crippen molar-refractivity contribution in [3.8, 4) is 6.07 Å². The van der Waals surface area contributed by atoms with E-state index in [1.165, 1.54) is 0 Å². The standard InChI is InChI=1S/C8H14N2OS/c1-6(4-9)8(11)10-5-7(2)12-3/h6-7H,5H2,1-3H3,(H,10,11). The first-order valence-electron chi connectivity index (χ1n) is 3.82. The van der Waals surface area contributed by atoms with E-state index in [0.717, 1.165) is 0 Å². The van der Waals surface area contributed by atoms with E-state index in [9.17, 15) is 4.79 Å². The van der Waals surface area contributed by atoms with Crippen LogP contribution in [0, 0.1) is 17.2 Å². The van der Waals surface area contributed by atoms with Crippen molar-refractivity contribution in [1.29, 1.82) is 5.26 Å². The normalized spacial score (nSPS) is 14.5. The van der Waals surface area contributed by atoms with Gasteiger partial charge in [0.2, 0.25) is 5.91 Å². The van der Waals surface area contributed by atoms with Gasteiger partial charge < -0.3 is 5.32 Å². The highest BCUT2D eigenvalue weighted by Gasteiger charge is 2.11. The Morgan fingerprint density at radius 3 is 2.67 bits per heavy atom. The fourth-order valence-electron chi connectivity index (χ4n) is 0.539. The first kappa shape index (κ1) is 11.3. The van der Waals surface area contributed by atoms with Crippen LogP contribution in [-0.4, -0.2) is 24.0 Å². The molecule has 12 heavy (non-hydrogen) atoms. The molecule has 0 rings (SSSR count). The lowest BCUT2D eigenvalue weighted by Gasteiger charge is -2.10. The third-order valence-electron chi connectivity index (χ3n) is 1.55. The molecule has 0 spiro atoms. The SMILES string of the molecule is CSC(C)CNC(=O)C(C)C#N. The number of nitrogens with zero attached hydrogens (tertiary/aromatic N) is 1. The van der Waals surface area contributed by atoms with Gasteiger partial charge in [-0.25, -0.2) is 0 Å². The first-order chi connectivity index (χ1) is 5.61. The lowest BCUT2D eigenvalue weighted by atomic mass is 10.2. The smallest absolute Gasteiger partial charge is 0.237 e. The van der Waals surface area contributed by atoms with Gasteiger partial charge >= 0.3 is 0 Å². The summed E-state index contributed by atoms with van der Waals surface area (Å²) in [6, 6.07) is 1.89. The summed E-state index contributed by atoms with van der Waals surface area (Å²) in [4.78, 5) is 11.1. The van der Waals surface area contributed by atoms with Gasteiger partial charge in [-0.05, 0) is 13.2 Å². The molecule has 2 unspecified atom stereocenters. The summed E-state index contributed by atoms with van der Waals surface area (Å²) in [7, 11) is 0. The number of nitriles is 1. The molecule has 0 bridgehead atoms. The highest BCUT2D eigenvalue weighted by atomic mass is 32.2. The number of rotatable bonds is 4. The minimum Gasteiger partial charge on any atom is -0.354 e. The van der Waals surface area contributed by atoms with Crippen molar-refractivity contribution in [2.45, 2.75) is 19.1 Å². The van der Waals surface area contributed by atoms with Gasteiger partial charge in [-0.1, -0.05) is 6.92 Å². The van der Waals surface area contributed by atoms with Gasteiger partial charge in [0.1, 0.15) is 5.92 Å². The molecule has 0 aliphatic rings. The molecule has 68 valence electrons. The lowest BCUT2D eigenvalue weighted by Crippen LogP contribution is -2.32. The van der Waals surface area contributed by atoms with Crippen molar-refractivity contribution in [3.05, 3.63) is 0 Å². The average molecular weight is 186 g/mol. The highest BCUT2D eigenvalue weighted by molar-refractivity contribution is 7.99. The van der Waals surface area contributed by atoms with Crippen LogP contribution < -0.4 is 5.32 Å². The summed E-state index contributed by atoms with van der Waals surface area (Å²) in [5.41, 5.74) is 0. The molecule has 0 radical (unpaired) electrons. The first-order valence-corrected chi connectivity index (χ1v) is 5.10. The van der Waals surface area contributed by atoms with Gasteiger partial charge in [-0.2, -0.15) is 17.0 Å². The van der Waals surface area contributed by atoms with E-state index in [4.69, 9.17) is 5.26 Å². The average Bonchev–Trinajstić information content (AvgIpc) is 2.11. The third-order valence-corrected chi connectivity index (χ3v) is 2.52. The Morgan fingerprint density at radius 2 is 2.25 bits per heavy atom. The highest BCUT2D eigenvalue weighted by Crippen LogP contribution is 2.02. The van der Waals surface area contributed by atoms with E-state index >= 15 is 0 Å². The second-order valence-electron chi connectivity index (χ2n) is 2.64. The van der Waals surface area contributed by atoms with Crippen LogP contribution in [0.1, 0.15) is 13.8 Å². The van der Waals surface area contributed by atoms with E-state index in [-0.39, 0.29) is 5.91 Å². The largest absolute Gasteiger partial charge is 0.354 e. The molecule has 0 aromatic rings. The quantitative estimate of drug-likeness (QED) is 0.713. The maximum Gasteiger partial charge on any atom is 0.237 e. The summed E-state index contributed by atoms with van der Waals surface area (Å²) in [6.07, 6.45) is 1.99. The zero-order valence-electron chi connectivity index (χ0n) is 7.63. The van der Waals surface area contributed by atoms with E-state index < -0.39 is 5.92 Å². The van der Waals surface area contributed by atoms with E-state index in [0.29, 0.717) is 11.8 Å². The Morgan fingerprint density at radius 1 is 1.67 bits per heavy atom. The Hall–Kier alpha value is -0.690. The predicted molar refractivity (Wildman–Crippen MR) is 50.8 cm³/mol. The van der Waals surface area contributed by atoms with Gasteiger partial charge in [-0.3, -0.25) is 4.79 Å². The van der Waals surface area contributed by atoms with E-state index in [1.54, 1.807) is 18.7 Å². The van der Waals surface area contributed by atoms with Crippen LogP contribution in [0.15, 0.2) is 0 Å². The molecule has 0 saturated carbocycles. The number of thioether (sulfide) groups is 1. The van der Waals surface area contributed by atoms with Crippen LogP contribution in [0.4, 0.5) is 0 Å². The molecule has 0 aromatic heterocycles. The predicted octanol–water partition coefficient (Wildman–Crippen LogP) is 1.01. The third kappa shape index (κ3) is 4.24. The number of hydrogen-bond acceptors (Lipinski definition) is 3. The van der Waals surface area contributed by atoms with Crippen molar-refractivity contribution < 1.29 is 4.79 Å². The second-order valence-corrected chi connectivity index (χ2v) is 3.92. The Labute approximate surface area is 77.5 Å². The maximum atomic E-state index is 11.1. The number of carbonyl (C=O) groups excluding carboxylic acids is 1. The molecule has 0 aliphatic carbocycles. The minimum absolute atomic E-state index is 0.182. The molecule has 0 aromatic carbocycles. The number of nitrogens with one attached hydrogen (secondary N) is 1. The van der Waals surface area contributed by atoms with Crippen LogP contribution in [-0.2, 0) is 4.79 Å². The molecule has 3 nitrogen and oxygen atoms in total. The Bertz CT molecular complexity index is 188. The maximum absolute atomic E-state index is 11.1. The van der Waals surface area contributed by atoms with Gasteiger partial charge in [0.25, 0.3) is 0 Å². The summed E-state index contributed by atoms with van der Waals surface area (Å²) in [5.74, 6) is -0.725. The van der Waals surface area contributed by atoms with E-state index in [1.807, 2.05) is 19.2 Å². The summed E-state index contributed by atoms with van der Waals surface area (Å²) in [5, 5.41) is 11.5. The van der Waals surface area contributed by atoms with Crippen LogP contribution >= 0.6 is 11.8 Å². The molecular weight excluding hydrogens is 172 g/mol. The molecule has 0 saturated heterocycles. The van der Waals surface area contributed by atoms with Crippen molar-refractivity contribution in [3.63, 3.8) is 0 Å². The zero-order valence-corrected chi connectivity index (χ0v) is 8.44. The van der Waals surface area contributed by atoms with Crippen LogP contribution in [0.5, 0.6) is 0 Å². The topological polar surface area (TPSA) is 52.9 Å². The van der Waals surface area contributed by atoms with Crippen molar-refractivity contribution in [1.82, 2.24) is 5.32 Å². The zero-order chi connectivity index (χ0) is 9.56. The van der Waals surface area contributed by atoms with Gasteiger partial charge in [0.15, 0.2) is 0 Å². The van der Waals surface area contributed by atoms with Gasteiger partial charge in [0, 0.05) is 11.8 Å². The monoisotopic (exact) mass is 186 g/mol. The molecule has 0 heterocycles. The molecule has 0 aliphatic heterocycles. The molecular formula is C8H14N2OS. The summed E-state index contributed by atoms with van der Waals surface area (Å²) < 4.78 is 0. The van der Waals surface area contributed by atoms with Gasteiger partial charge in [-0.15, -0.1) is 0 Å². The van der Waals surface area contributed by atoms with Crippen LogP contribution in [0.3, 0.4) is 0 Å². The fraction of sp³-hybridized carbons (Fsp3) is 0.750. The molecule has 0 fully saturated rings. The summed E-state index contributed by atoms with van der Waals surface area (Å²) in [6.45, 7) is 4.26. The van der Waals surface area contributed by atoms with Crippen molar-refractivity contribution >= 4 is 17.7 Å². The molecule has 2 atom stereocenters. The van der Waals surface area contributed by atoms with Crippen molar-refractivity contribution in [2.75, 3.05) is 12.8 Å². The number of amides is 1. The molecule has 1 N–H and O–H groups in total. The van der Waals surface area contributed by atoms with Crippen LogP contribution in [0.25, 0.3) is 0 Å². The number of carbonyl (C=O) groups is 1. The molecule has 1 amide bonds. The Balaban J connectivity index is 3.66. The molecule has 4 heteroatoms. The summed E-state index contributed by atoms with van der Waals surface area (Å²) >= 11 is 1.69. The minimum atomic E-state index is -0.543. The second kappa shape index (κ2) is 5.90. The lowest BCUT2D eigenvalue weighted by molar-refractivity contribution is -0.122. The van der Waals surface area contributed by atoms with E-state index in [2.05, 4.69) is 5.32 Å². The van der Waals surface area contributed by atoms with Gasteiger partial charge in [0.05, 0.1) is 6.07 Å². The number of hydrogen-bond donors (Lipinski definition) is 1. The van der Waals surface area contributed by atoms with Crippen molar-refractivity contribution in [2.24, 2.45) is 5.92 Å².